The molecule has 0 saturated carbocycles. The number of carboxylic acids is 1. The summed E-state index contributed by atoms with van der Waals surface area (Å²) >= 11 is 0. The summed E-state index contributed by atoms with van der Waals surface area (Å²) in [7, 11) is 0. The van der Waals surface area contributed by atoms with Gasteiger partial charge in [0.2, 0.25) is 5.91 Å². The average Bonchev–Trinajstić information content (AvgIpc) is 2.78. The minimum Gasteiger partial charge on any atom is -0.480 e. The summed E-state index contributed by atoms with van der Waals surface area (Å²) in [4.78, 5) is 37.3. The van der Waals surface area contributed by atoms with Crippen molar-refractivity contribution in [2.45, 2.75) is 25.1 Å². The van der Waals surface area contributed by atoms with E-state index >= 15 is 0 Å². The number of amides is 2. The summed E-state index contributed by atoms with van der Waals surface area (Å²) in [5.41, 5.74) is 2.22. The van der Waals surface area contributed by atoms with E-state index in [1.807, 2.05) is 36.4 Å². The molecular weight excluding hydrogens is 398 g/mol. The predicted octanol–water partition coefficient (Wildman–Crippen LogP) is 2.62. The molecule has 2 aromatic carbocycles. The molecule has 2 unspecified atom stereocenters. The standard InChI is InChI=1S/C23H25N3O5/c1-2-7-19(25-23(30)31-15-16-8-4-3-5-9-16)17-10-6-11-18(12-17)26-14-21(27)24-13-20(26)22(28)29/h2-6,8-12,19-20H,1,7,13-15H2,(H,24,27)(H,25,30)(H,28,29). The van der Waals surface area contributed by atoms with Crippen molar-refractivity contribution in [1.82, 2.24) is 10.6 Å². The molecule has 31 heavy (non-hydrogen) atoms. The van der Waals surface area contributed by atoms with Gasteiger partial charge < -0.3 is 25.4 Å². The van der Waals surface area contributed by atoms with Crippen molar-refractivity contribution in [3.05, 3.63) is 78.4 Å². The smallest absolute Gasteiger partial charge is 0.407 e. The fourth-order valence-electron chi connectivity index (χ4n) is 3.41. The van der Waals surface area contributed by atoms with Gasteiger partial charge in [0.1, 0.15) is 12.6 Å². The van der Waals surface area contributed by atoms with Crippen LogP contribution < -0.4 is 15.5 Å². The number of hydrogen-bond acceptors (Lipinski definition) is 5. The topological polar surface area (TPSA) is 108 Å². The Morgan fingerprint density at radius 3 is 2.74 bits per heavy atom. The molecule has 1 saturated heterocycles. The molecule has 8 heteroatoms. The predicted molar refractivity (Wildman–Crippen MR) is 116 cm³/mol. The highest BCUT2D eigenvalue weighted by atomic mass is 16.5. The Morgan fingerprint density at radius 1 is 1.26 bits per heavy atom. The van der Waals surface area contributed by atoms with E-state index in [0.29, 0.717) is 12.1 Å². The van der Waals surface area contributed by atoms with E-state index in [-0.39, 0.29) is 25.6 Å². The maximum absolute atomic E-state index is 12.3. The molecule has 2 aromatic rings. The van der Waals surface area contributed by atoms with Crippen molar-refractivity contribution >= 4 is 23.7 Å². The van der Waals surface area contributed by atoms with Gasteiger partial charge in [-0.15, -0.1) is 6.58 Å². The fraction of sp³-hybridized carbons (Fsp3) is 0.261. The number of hydrogen-bond donors (Lipinski definition) is 3. The lowest BCUT2D eigenvalue weighted by Gasteiger charge is -2.35. The Kier molecular flexibility index (Phi) is 7.26. The second-order valence-corrected chi connectivity index (χ2v) is 7.16. The van der Waals surface area contributed by atoms with E-state index in [2.05, 4.69) is 17.2 Å². The molecule has 0 spiro atoms. The third-order valence-corrected chi connectivity index (χ3v) is 4.98. The lowest BCUT2D eigenvalue weighted by molar-refractivity contribution is -0.139. The van der Waals surface area contributed by atoms with E-state index in [1.165, 1.54) is 0 Å². The van der Waals surface area contributed by atoms with Crippen LogP contribution in [0.5, 0.6) is 0 Å². The van der Waals surface area contributed by atoms with Gasteiger partial charge in [-0.1, -0.05) is 48.5 Å². The molecule has 2 atom stereocenters. The van der Waals surface area contributed by atoms with E-state index in [9.17, 15) is 19.5 Å². The molecule has 1 heterocycles. The summed E-state index contributed by atoms with van der Waals surface area (Å²) < 4.78 is 5.31. The Bertz CT molecular complexity index is 947. The molecule has 3 rings (SSSR count). The zero-order valence-corrected chi connectivity index (χ0v) is 17.0. The van der Waals surface area contributed by atoms with E-state index < -0.39 is 24.1 Å². The Labute approximate surface area is 180 Å². The van der Waals surface area contributed by atoms with Crippen LogP contribution in [0, 0.1) is 0 Å². The van der Waals surface area contributed by atoms with Crippen LogP contribution in [-0.4, -0.2) is 42.2 Å². The number of piperazine rings is 1. The molecule has 1 aliphatic rings. The quantitative estimate of drug-likeness (QED) is 0.564. The minimum absolute atomic E-state index is 0.0263. The first-order valence-corrected chi connectivity index (χ1v) is 9.92. The van der Waals surface area contributed by atoms with Gasteiger partial charge in [-0.05, 0) is 29.7 Å². The van der Waals surface area contributed by atoms with Gasteiger partial charge in [0.25, 0.3) is 0 Å². The van der Waals surface area contributed by atoms with Gasteiger partial charge >= 0.3 is 12.1 Å². The number of carbonyl (C=O) groups is 3. The number of anilines is 1. The van der Waals surface area contributed by atoms with E-state index in [1.54, 1.807) is 29.2 Å². The first kappa shape index (κ1) is 21.9. The zero-order valence-electron chi connectivity index (χ0n) is 17.0. The molecule has 1 fully saturated rings. The number of benzene rings is 2. The maximum Gasteiger partial charge on any atom is 0.407 e. The Hall–Kier alpha value is -3.81. The highest BCUT2D eigenvalue weighted by Gasteiger charge is 2.32. The van der Waals surface area contributed by atoms with Crippen LogP contribution in [0.15, 0.2) is 67.3 Å². The largest absolute Gasteiger partial charge is 0.480 e. The van der Waals surface area contributed by atoms with Crippen LogP contribution in [0.25, 0.3) is 0 Å². The van der Waals surface area contributed by atoms with Crippen LogP contribution in [0.1, 0.15) is 23.6 Å². The highest BCUT2D eigenvalue weighted by Crippen LogP contribution is 2.25. The molecule has 2 amide bonds. The molecule has 3 N–H and O–H groups in total. The number of alkyl carbamates (subject to hydrolysis) is 1. The van der Waals surface area contributed by atoms with Gasteiger partial charge in [-0.3, -0.25) is 4.79 Å². The molecule has 0 aliphatic carbocycles. The van der Waals surface area contributed by atoms with Crippen molar-refractivity contribution in [3.63, 3.8) is 0 Å². The third-order valence-electron chi connectivity index (χ3n) is 4.98. The van der Waals surface area contributed by atoms with Crippen molar-refractivity contribution in [3.8, 4) is 0 Å². The fourth-order valence-corrected chi connectivity index (χ4v) is 3.41. The molecule has 8 nitrogen and oxygen atoms in total. The van der Waals surface area contributed by atoms with Crippen LogP contribution >= 0.6 is 0 Å². The number of aliphatic carboxylic acids is 1. The summed E-state index contributed by atoms with van der Waals surface area (Å²) in [5, 5.41) is 14.9. The summed E-state index contributed by atoms with van der Waals surface area (Å²) in [6, 6.07) is 15.2. The molecule has 0 radical (unpaired) electrons. The number of carbonyl (C=O) groups excluding carboxylic acids is 2. The van der Waals surface area contributed by atoms with E-state index in [4.69, 9.17) is 4.74 Å². The molecule has 162 valence electrons. The number of carboxylic acid groups (broad SMARTS) is 1. The summed E-state index contributed by atoms with van der Waals surface area (Å²) in [6.45, 7) is 3.87. The lowest BCUT2D eigenvalue weighted by atomic mass is 10.0. The maximum atomic E-state index is 12.3. The number of nitrogens with one attached hydrogen (secondary N) is 2. The number of ether oxygens (including phenoxy) is 1. The minimum atomic E-state index is -1.02. The van der Waals surface area contributed by atoms with Gasteiger partial charge in [-0.25, -0.2) is 9.59 Å². The third kappa shape index (κ3) is 5.85. The SMILES string of the molecule is C=CCC(NC(=O)OCc1ccccc1)c1cccc(N2CC(=O)NCC2C(=O)O)c1. The Morgan fingerprint density at radius 2 is 2.03 bits per heavy atom. The molecule has 0 aromatic heterocycles. The first-order chi connectivity index (χ1) is 15.0. The highest BCUT2D eigenvalue weighted by molar-refractivity contribution is 5.89. The zero-order chi connectivity index (χ0) is 22.2. The van der Waals surface area contributed by atoms with E-state index in [0.717, 1.165) is 11.1 Å². The van der Waals surface area contributed by atoms with Gasteiger partial charge in [-0.2, -0.15) is 0 Å². The van der Waals surface area contributed by atoms with Gasteiger partial charge in [0, 0.05) is 12.2 Å². The van der Waals surface area contributed by atoms with Crippen molar-refractivity contribution in [1.29, 1.82) is 0 Å². The monoisotopic (exact) mass is 423 g/mol. The second-order valence-electron chi connectivity index (χ2n) is 7.16. The van der Waals surface area contributed by atoms with Crippen molar-refractivity contribution in [2.24, 2.45) is 0 Å². The average molecular weight is 423 g/mol. The lowest BCUT2D eigenvalue weighted by Crippen LogP contribution is -2.57. The van der Waals surface area contributed by atoms with Crippen LogP contribution in [0.2, 0.25) is 0 Å². The van der Waals surface area contributed by atoms with Crippen LogP contribution in [0.4, 0.5) is 10.5 Å². The number of nitrogens with zero attached hydrogens (tertiary/aromatic N) is 1. The molecular formula is C23H25N3O5. The van der Waals surface area contributed by atoms with Crippen LogP contribution in [-0.2, 0) is 20.9 Å². The molecule has 1 aliphatic heterocycles. The van der Waals surface area contributed by atoms with Crippen molar-refractivity contribution in [2.75, 3.05) is 18.0 Å². The summed E-state index contributed by atoms with van der Waals surface area (Å²) in [6.07, 6.45) is 1.57. The van der Waals surface area contributed by atoms with Gasteiger partial charge in [0.15, 0.2) is 0 Å². The number of rotatable bonds is 8. The van der Waals surface area contributed by atoms with Crippen LogP contribution in [0.3, 0.4) is 0 Å². The normalized spacial score (nSPS) is 16.7. The first-order valence-electron chi connectivity index (χ1n) is 9.92. The van der Waals surface area contributed by atoms with Gasteiger partial charge in [0.05, 0.1) is 12.6 Å². The summed E-state index contributed by atoms with van der Waals surface area (Å²) in [5.74, 6) is -1.26. The second kappa shape index (κ2) is 10.3. The van der Waals surface area contributed by atoms with Crippen molar-refractivity contribution < 1.29 is 24.2 Å². The Balaban J connectivity index is 1.73. The molecule has 0 bridgehead atoms.